The maximum Gasteiger partial charge on any atom is 0.130 e. The predicted octanol–water partition coefficient (Wildman–Crippen LogP) is 5.92. The molecule has 1 saturated carbocycles. The van der Waals surface area contributed by atoms with Gasteiger partial charge in [-0.3, -0.25) is 4.98 Å². The molecule has 1 aromatic carbocycles. The minimum atomic E-state index is 0.184. The molecular formula is C22H26N2OS. The zero-order valence-electron chi connectivity index (χ0n) is 15.7. The minimum absolute atomic E-state index is 0.184. The van der Waals surface area contributed by atoms with Gasteiger partial charge in [0, 0.05) is 39.5 Å². The molecule has 4 heteroatoms. The van der Waals surface area contributed by atoms with E-state index in [4.69, 9.17) is 4.74 Å². The van der Waals surface area contributed by atoms with Crippen LogP contribution in [0.15, 0.2) is 53.7 Å². The van der Waals surface area contributed by atoms with Gasteiger partial charge in [0.1, 0.15) is 12.4 Å². The molecule has 0 amide bonds. The average molecular weight is 367 g/mol. The smallest absolute Gasteiger partial charge is 0.130 e. The Hall–Kier alpha value is -1.94. The fourth-order valence-corrected chi connectivity index (χ4v) is 4.23. The van der Waals surface area contributed by atoms with Crippen molar-refractivity contribution in [1.82, 2.24) is 9.55 Å². The first-order valence-electron chi connectivity index (χ1n) is 9.32. The van der Waals surface area contributed by atoms with Gasteiger partial charge < -0.3 is 9.30 Å². The van der Waals surface area contributed by atoms with E-state index in [1.807, 2.05) is 30.0 Å². The van der Waals surface area contributed by atoms with Gasteiger partial charge in [0.2, 0.25) is 0 Å². The summed E-state index contributed by atoms with van der Waals surface area (Å²) in [6, 6.07) is 12.4. The molecule has 0 aliphatic heterocycles. The van der Waals surface area contributed by atoms with Crippen molar-refractivity contribution in [2.24, 2.45) is 5.92 Å². The number of aromatic nitrogens is 2. The van der Waals surface area contributed by atoms with E-state index < -0.39 is 0 Å². The molecule has 26 heavy (non-hydrogen) atoms. The first kappa shape index (κ1) is 17.5. The Kier molecular flexibility index (Phi) is 4.70. The third-order valence-corrected chi connectivity index (χ3v) is 5.65. The lowest BCUT2D eigenvalue weighted by atomic mass is 10.2. The van der Waals surface area contributed by atoms with E-state index in [-0.39, 0.29) is 4.75 Å². The minimum Gasteiger partial charge on any atom is -0.487 e. The predicted molar refractivity (Wildman–Crippen MR) is 109 cm³/mol. The van der Waals surface area contributed by atoms with E-state index >= 15 is 0 Å². The van der Waals surface area contributed by atoms with Crippen LogP contribution in [0.1, 0.15) is 39.3 Å². The van der Waals surface area contributed by atoms with Crippen molar-refractivity contribution >= 4 is 22.7 Å². The summed E-state index contributed by atoms with van der Waals surface area (Å²) in [5, 5.41) is 1.30. The molecule has 0 radical (unpaired) electrons. The van der Waals surface area contributed by atoms with Crippen LogP contribution < -0.4 is 4.74 Å². The van der Waals surface area contributed by atoms with E-state index in [1.165, 1.54) is 28.6 Å². The molecule has 1 aliphatic carbocycles. The average Bonchev–Trinajstić information content (AvgIpc) is 3.36. The highest BCUT2D eigenvalue weighted by molar-refractivity contribution is 8.00. The standard InChI is InChI=1S/C22H26N2OS/c1-22(2,3)26-21-14-24(13-16-7-8-16)20-10-9-18(12-19(20)21)25-15-17-6-4-5-11-23-17/h4-6,9-12,14,16H,7-8,13,15H2,1-3H3. The van der Waals surface area contributed by atoms with Crippen LogP contribution >= 0.6 is 11.8 Å². The number of benzene rings is 1. The first-order valence-corrected chi connectivity index (χ1v) is 10.1. The topological polar surface area (TPSA) is 27.1 Å². The molecule has 0 atom stereocenters. The number of pyridine rings is 1. The van der Waals surface area contributed by atoms with Crippen LogP contribution in [-0.2, 0) is 13.2 Å². The molecule has 0 spiro atoms. The summed E-state index contributed by atoms with van der Waals surface area (Å²) < 4.78 is 8.63. The second-order valence-electron chi connectivity index (χ2n) is 8.09. The Morgan fingerprint density at radius 2 is 2.04 bits per heavy atom. The summed E-state index contributed by atoms with van der Waals surface area (Å²) in [4.78, 5) is 5.68. The van der Waals surface area contributed by atoms with Gasteiger partial charge in [-0.05, 0) is 49.1 Å². The number of ether oxygens (including phenoxy) is 1. The van der Waals surface area contributed by atoms with Crippen LogP contribution in [0.4, 0.5) is 0 Å². The van der Waals surface area contributed by atoms with Crippen LogP contribution in [0.25, 0.3) is 10.9 Å². The fourth-order valence-electron chi connectivity index (χ4n) is 3.11. The Labute approximate surface area is 159 Å². The van der Waals surface area contributed by atoms with Gasteiger partial charge in [-0.1, -0.05) is 26.8 Å². The summed E-state index contributed by atoms with van der Waals surface area (Å²) >= 11 is 1.93. The maximum atomic E-state index is 6.01. The highest BCUT2D eigenvalue weighted by Crippen LogP contribution is 2.40. The molecule has 136 valence electrons. The van der Waals surface area contributed by atoms with Crippen molar-refractivity contribution in [1.29, 1.82) is 0 Å². The number of hydrogen-bond acceptors (Lipinski definition) is 3. The van der Waals surface area contributed by atoms with Gasteiger partial charge in [0.05, 0.1) is 5.69 Å². The van der Waals surface area contributed by atoms with E-state index in [1.54, 1.807) is 6.20 Å². The van der Waals surface area contributed by atoms with Crippen LogP contribution in [0.3, 0.4) is 0 Å². The number of hydrogen-bond donors (Lipinski definition) is 0. The number of fused-ring (bicyclic) bond motifs is 1. The monoisotopic (exact) mass is 366 g/mol. The zero-order valence-corrected chi connectivity index (χ0v) is 16.6. The van der Waals surface area contributed by atoms with Gasteiger partial charge in [-0.2, -0.15) is 0 Å². The molecule has 1 fully saturated rings. The SMILES string of the molecule is CC(C)(C)Sc1cn(CC2CC2)c2ccc(OCc3ccccn3)cc12. The van der Waals surface area contributed by atoms with Crippen LogP contribution in [0.5, 0.6) is 5.75 Å². The third-order valence-electron chi connectivity index (χ3n) is 4.50. The molecule has 1 aliphatic rings. The quantitative estimate of drug-likeness (QED) is 0.507. The molecule has 4 rings (SSSR count). The summed E-state index contributed by atoms with van der Waals surface area (Å²) in [6.45, 7) is 8.43. The zero-order chi connectivity index (χ0) is 18.1. The molecule has 0 saturated heterocycles. The molecular weight excluding hydrogens is 340 g/mol. The molecule has 0 unspecified atom stereocenters. The van der Waals surface area contributed by atoms with Crippen molar-refractivity contribution < 1.29 is 4.74 Å². The van der Waals surface area contributed by atoms with Crippen molar-refractivity contribution in [3.8, 4) is 5.75 Å². The fraction of sp³-hybridized carbons (Fsp3) is 0.409. The molecule has 3 aromatic rings. The third kappa shape index (κ3) is 4.24. The van der Waals surface area contributed by atoms with E-state index in [2.05, 4.69) is 54.7 Å². The van der Waals surface area contributed by atoms with Gasteiger partial charge >= 0.3 is 0 Å². The lowest BCUT2D eigenvalue weighted by Gasteiger charge is -2.16. The van der Waals surface area contributed by atoms with Crippen LogP contribution in [0, 0.1) is 5.92 Å². The van der Waals surface area contributed by atoms with Gasteiger partial charge in [0.15, 0.2) is 0 Å². The van der Waals surface area contributed by atoms with Gasteiger partial charge in [-0.15, -0.1) is 11.8 Å². The van der Waals surface area contributed by atoms with Gasteiger partial charge in [-0.25, -0.2) is 0 Å². The van der Waals surface area contributed by atoms with Gasteiger partial charge in [0.25, 0.3) is 0 Å². The number of thioether (sulfide) groups is 1. The summed E-state index contributed by atoms with van der Waals surface area (Å²) in [5.41, 5.74) is 2.26. The molecule has 0 bridgehead atoms. The van der Waals surface area contributed by atoms with Crippen molar-refractivity contribution in [3.63, 3.8) is 0 Å². The second kappa shape index (κ2) is 6.99. The lowest BCUT2D eigenvalue weighted by molar-refractivity contribution is 0.301. The van der Waals surface area contributed by atoms with Crippen molar-refractivity contribution in [2.45, 2.75) is 56.4 Å². The van der Waals surface area contributed by atoms with Crippen molar-refractivity contribution in [2.75, 3.05) is 0 Å². The number of nitrogens with zero attached hydrogens (tertiary/aromatic N) is 2. The number of rotatable bonds is 6. The molecule has 3 nitrogen and oxygen atoms in total. The Bertz CT molecular complexity index is 892. The summed E-state index contributed by atoms with van der Waals surface area (Å²) in [6.07, 6.45) is 6.87. The Balaban J connectivity index is 1.62. The highest BCUT2D eigenvalue weighted by atomic mass is 32.2. The second-order valence-corrected chi connectivity index (χ2v) is 9.96. The Morgan fingerprint density at radius 3 is 2.73 bits per heavy atom. The molecule has 2 aromatic heterocycles. The van der Waals surface area contributed by atoms with Crippen LogP contribution in [0.2, 0.25) is 0 Å². The maximum absolute atomic E-state index is 6.01. The van der Waals surface area contributed by atoms with E-state index in [9.17, 15) is 0 Å². The lowest BCUT2D eigenvalue weighted by Crippen LogP contribution is -2.06. The Morgan fingerprint density at radius 1 is 1.19 bits per heavy atom. The molecule has 0 N–H and O–H groups in total. The van der Waals surface area contributed by atoms with Crippen LogP contribution in [-0.4, -0.2) is 14.3 Å². The van der Waals surface area contributed by atoms with E-state index in [0.717, 1.165) is 23.9 Å². The first-order chi connectivity index (χ1) is 12.5. The van der Waals surface area contributed by atoms with Crippen molar-refractivity contribution in [3.05, 3.63) is 54.5 Å². The largest absolute Gasteiger partial charge is 0.487 e. The highest BCUT2D eigenvalue weighted by Gasteiger charge is 2.24. The normalized spacial score (nSPS) is 14.7. The molecule has 2 heterocycles. The summed E-state index contributed by atoms with van der Waals surface area (Å²) in [5.74, 6) is 1.77. The van der Waals surface area contributed by atoms with E-state index in [0.29, 0.717) is 6.61 Å². The summed E-state index contributed by atoms with van der Waals surface area (Å²) in [7, 11) is 0.